The van der Waals surface area contributed by atoms with Crippen LogP contribution < -0.4 is 10.1 Å². The van der Waals surface area contributed by atoms with Crippen molar-refractivity contribution in [1.82, 2.24) is 19.7 Å². The molecule has 1 amide bonds. The van der Waals surface area contributed by atoms with Gasteiger partial charge in [0.05, 0.1) is 12.3 Å². The molecule has 29 heavy (non-hydrogen) atoms. The van der Waals surface area contributed by atoms with Crippen LogP contribution in [0.15, 0.2) is 29.9 Å². The Morgan fingerprint density at radius 3 is 3.03 bits per heavy atom. The number of amides is 1. The van der Waals surface area contributed by atoms with E-state index < -0.39 is 5.91 Å². The number of thiazole rings is 1. The van der Waals surface area contributed by atoms with E-state index in [1.807, 2.05) is 0 Å². The number of aromatic nitrogens is 4. The van der Waals surface area contributed by atoms with Crippen LogP contribution >= 0.6 is 11.3 Å². The van der Waals surface area contributed by atoms with Crippen molar-refractivity contribution >= 4 is 28.7 Å². The molecular weight excluding hydrogens is 394 g/mol. The highest BCUT2D eigenvalue weighted by Gasteiger charge is 2.20. The van der Waals surface area contributed by atoms with Gasteiger partial charge in [-0.3, -0.25) is 14.3 Å². The SMILES string of the molecule is Cn1cc2c(n1)C(=O)CCCOCCOc1cc(ccn1)-c1nc(cs1)C(=O)N2. The van der Waals surface area contributed by atoms with Gasteiger partial charge in [0.15, 0.2) is 11.5 Å². The minimum Gasteiger partial charge on any atom is -0.475 e. The van der Waals surface area contributed by atoms with Gasteiger partial charge in [0.25, 0.3) is 5.91 Å². The van der Waals surface area contributed by atoms with Crippen molar-refractivity contribution in [3.05, 3.63) is 41.3 Å². The van der Waals surface area contributed by atoms with E-state index in [9.17, 15) is 9.59 Å². The number of ketones is 1. The van der Waals surface area contributed by atoms with Crippen LogP contribution in [0.3, 0.4) is 0 Å². The summed E-state index contributed by atoms with van der Waals surface area (Å²) in [5, 5.41) is 9.29. The summed E-state index contributed by atoms with van der Waals surface area (Å²) in [5.74, 6) is -0.0897. The topological polar surface area (TPSA) is 108 Å². The smallest absolute Gasteiger partial charge is 0.275 e. The van der Waals surface area contributed by atoms with Crippen molar-refractivity contribution in [3.63, 3.8) is 0 Å². The van der Waals surface area contributed by atoms with Gasteiger partial charge in [-0.2, -0.15) is 5.10 Å². The molecule has 1 aliphatic rings. The lowest BCUT2D eigenvalue weighted by atomic mass is 10.1. The van der Waals surface area contributed by atoms with Crippen LogP contribution in [0.2, 0.25) is 0 Å². The lowest BCUT2D eigenvalue weighted by Crippen LogP contribution is -2.15. The number of nitrogens with zero attached hydrogens (tertiary/aromatic N) is 4. The second kappa shape index (κ2) is 8.50. The molecule has 0 saturated heterocycles. The van der Waals surface area contributed by atoms with Crippen molar-refractivity contribution in [3.8, 4) is 16.5 Å². The van der Waals surface area contributed by atoms with Gasteiger partial charge in [0, 0.05) is 49.5 Å². The van der Waals surface area contributed by atoms with Crippen LogP contribution in [0.25, 0.3) is 10.6 Å². The summed E-state index contributed by atoms with van der Waals surface area (Å²) in [6, 6.07) is 3.58. The maximum atomic E-state index is 12.7. The molecule has 9 nitrogen and oxygen atoms in total. The minimum atomic E-state index is -0.399. The van der Waals surface area contributed by atoms with Gasteiger partial charge in [-0.05, 0) is 12.5 Å². The van der Waals surface area contributed by atoms with Gasteiger partial charge >= 0.3 is 0 Å². The Kier molecular flexibility index (Phi) is 5.63. The number of aryl methyl sites for hydroxylation is 1. The average molecular weight is 413 g/mol. The number of carbonyl (C=O) groups excluding carboxylic acids is 2. The highest BCUT2D eigenvalue weighted by molar-refractivity contribution is 7.13. The molecule has 0 atom stereocenters. The number of rotatable bonds is 0. The van der Waals surface area contributed by atoms with Crippen LogP contribution in [0.1, 0.15) is 33.8 Å². The van der Waals surface area contributed by atoms with Gasteiger partial charge in [-0.1, -0.05) is 0 Å². The Bertz CT molecular complexity index is 1040. The predicted molar refractivity (Wildman–Crippen MR) is 106 cm³/mol. The van der Waals surface area contributed by atoms with Crippen LogP contribution in [0.5, 0.6) is 5.88 Å². The fraction of sp³-hybridized carbons (Fsp3) is 0.316. The standard InChI is InChI=1S/C19H19N5O4S/c1-24-10-13-17(23-24)15(25)3-2-6-27-7-8-28-16-9-12(4-5-20-16)19-22-14(11-29-19)18(26)21-13/h4-5,9-11H,2-3,6-8H2,1H3,(H,21,26). The number of pyridine rings is 1. The number of carbonyl (C=O) groups is 2. The third kappa shape index (κ3) is 4.49. The third-order valence-electron chi connectivity index (χ3n) is 4.23. The summed E-state index contributed by atoms with van der Waals surface area (Å²) in [4.78, 5) is 33.8. The average Bonchev–Trinajstić information content (AvgIpc) is 3.34. The first-order chi connectivity index (χ1) is 14.1. The van der Waals surface area contributed by atoms with E-state index in [4.69, 9.17) is 9.47 Å². The minimum absolute atomic E-state index is 0.153. The largest absolute Gasteiger partial charge is 0.475 e. The summed E-state index contributed by atoms with van der Waals surface area (Å²) in [6.07, 6.45) is 4.06. The number of fused-ring (bicyclic) bond motifs is 6. The number of hydrogen-bond donors (Lipinski definition) is 1. The molecule has 3 aromatic heterocycles. The van der Waals surface area contributed by atoms with Gasteiger partial charge in [-0.15, -0.1) is 11.3 Å². The first kappa shape index (κ1) is 19.2. The normalized spacial score (nSPS) is 15.6. The summed E-state index contributed by atoms with van der Waals surface area (Å²) in [6.45, 7) is 1.17. The van der Waals surface area contributed by atoms with Gasteiger partial charge in [-0.25, -0.2) is 9.97 Å². The summed E-state index contributed by atoms with van der Waals surface area (Å²) in [7, 11) is 1.70. The monoisotopic (exact) mass is 413 g/mol. The van der Waals surface area contributed by atoms with E-state index in [0.717, 1.165) is 5.56 Å². The van der Waals surface area contributed by atoms with Gasteiger partial charge < -0.3 is 14.8 Å². The van der Waals surface area contributed by atoms with Crippen molar-refractivity contribution in [1.29, 1.82) is 0 Å². The molecular formula is C19H19N5O4S. The van der Waals surface area contributed by atoms with E-state index in [-0.39, 0.29) is 23.6 Å². The van der Waals surface area contributed by atoms with Gasteiger partial charge in [0.1, 0.15) is 17.3 Å². The van der Waals surface area contributed by atoms with Gasteiger partial charge in [0.2, 0.25) is 5.88 Å². The maximum Gasteiger partial charge on any atom is 0.275 e. The number of Topliss-reactive ketones (excluding diaryl/α,β-unsaturated/α-hetero) is 1. The Balaban J connectivity index is 1.64. The zero-order chi connectivity index (χ0) is 20.2. The van der Waals surface area contributed by atoms with Crippen LogP contribution in [-0.2, 0) is 11.8 Å². The van der Waals surface area contributed by atoms with Crippen molar-refractivity contribution < 1.29 is 19.1 Å². The van der Waals surface area contributed by atoms with E-state index in [1.165, 1.54) is 16.0 Å². The Morgan fingerprint density at radius 2 is 2.14 bits per heavy atom. The lowest BCUT2D eigenvalue weighted by Gasteiger charge is -2.08. The summed E-state index contributed by atoms with van der Waals surface area (Å²) >= 11 is 1.34. The lowest BCUT2D eigenvalue weighted by molar-refractivity contribution is 0.0862. The molecule has 0 aromatic carbocycles. The van der Waals surface area contributed by atoms with Crippen molar-refractivity contribution in [2.24, 2.45) is 7.05 Å². The number of ether oxygens (including phenoxy) is 2. The molecule has 0 fully saturated rings. The van der Waals surface area contributed by atoms with E-state index in [1.54, 1.807) is 37.0 Å². The molecule has 4 heterocycles. The Morgan fingerprint density at radius 1 is 1.24 bits per heavy atom. The molecule has 1 aliphatic heterocycles. The fourth-order valence-electron chi connectivity index (χ4n) is 2.86. The van der Waals surface area contributed by atoms with Crippen LogP contribution in [-0.4, -0.2) is 51.3 Å². The quantitative estimate of drug-likeness (QED) is 0.603. The Labute approximate surface area is 170 Å². The molecule has 3 aromatic rings. The second-order valence-electron chi connectivity index (χ2n) is 6.43. The third-order valence-corrected chi connectivity index (χ3v) is 5.12. The first-order valence-electron chi connectivity index (χ1n) is 9.11. The number of anilines is 1. The molecule has 1 N–H and O–H groups in total. The Hall–Kier alpha value is -3.11. The zero-order valence-corrected chi connectivity index (χ0v) is 16.6. The van der Waals surface area contributed by atoms with E-state index >= 15 is 0 Å². The molecule has 150 valence electrons. The highest BCUT2D eigenvalue weighted by Crippen LogP contribution is 2.26. The van der Waals surface area contributed by atoms with E-state index in [2.05, 4.69) is 20.4 Å². The summed E-state index contributed by atoms with van der Waals surface area (Å²) in [5.41, 5.74) is 1.68. The molecule has 0 spiro atoms. The number of hydrogen-bond acceptors (Lipinski definition) is 8. The molecule has 0 aliphatic carbocycles. The first-order valence-corrected chi connectivity index (χ1v) is 9.99. The van der Waals surface area contributed by atoms with Crippen LogP contribution in [0.4, 0.5) is 5.69 Å². The molecule has 0 radical (unpaired) electrons. The molecule has 0 saturated carbocycles. The second-order valence-corrected chi connectivity index (χ2v) is 7.29. The summed E-state index contributed by atoms with van der Waals surface area (Å²) < 4.78 is 12.6. The highest BCUT2D eigenvalue weighted by atomic mass is 32.1. The van der Waals surface area contributed by atoms with Crippen molar-refractivity contribution in [2.45, 2.75) is 12.8 Å². The van der Waals surface area contributed by atoms with Crippen LogP contribution in [0, 0.1) is 0 Å². The molecule has 4 rings (SSSR count). The van der Waals surface area contributed by atoms with Crippen molar-refractivity contribution in [2.75, 3.05) is 25.1 Å². The molecule has 0 unspecified atom stereocenters. The maximum absolute atomic E-state index is 12.7. The zero-order valence-electron chi connectivity index (χ0n) is 15.8. The molecule has 10 heteroatoms. The van der Waals surface area contributed by atoms with E-state index in [0.29, 0.717) is 42.8 Å². The number of nitrogens with one attached hydrogen (secondary N) is 1. The predicted octanol–water partition coefficient (Wildman–Crippen LogP) is 2.56. The molecule has 4 bridgehead atoms. The fourth-order valence-corrected chi connectivity index (χ4v) is 3.66.